The summed E-state index contributed by atoms with van der Waals surface area (Å²) in [7, 11) is 0. The predicted molar refractivity (Wildman–Crippen MR) is 51.2 cm³/mol. The van der Waals surface area contributed by atoms with Gasteiger partial charge in [0.25, 0.3) is 0 Å². The quantitative estimate of drug-likeness (QED) is 0.644. The van der Waals surface area contributed by atoms with Crippen LogP contribution in [0.15, 0.2) is 0 Å². The monoisotopic (exact) mass is 179 g/mol. The van der Waals surface area contributed by atoms with Crippen molar-refractivity contribution in [2.24, 2.45) is 5.92 Å². The van der Waals surface area contributed by atoms with Crippen molar-refractivity contribution in [1.82, 2.24) is 10.2 Å². The van der Waals surface area contributed by atoms with Crippen molar-refractivity contribution < 1.29 is 0 Å². The number of hydrogen-bond acceptors (Lipinski definition) is 3. The minimum absolute atomic E-state index is 0.646. The Labute approximate surface area is 79.7 Å². The Morgan fingerprint density at radius 1 is 1.38 bits per heavy atom. The van der Waals surface area contributed by atoms with E-state index in [1.54, 1.807) is 0 Å². The van der Waals surface area contributed by atoms with E-state index in [-0.39, 0.29) is 0 Å². The first-order valence-electron chi connectivity index (χ1n) is 5.23. The molecule has 3 atom stereocenters. The number of nitriles is 1. The lowest BCUT2D eigenvalue weighted by atomic mass is 9.94. The van der Waals surface area contributed by atoms with Crippen molar-refractivity contribution in [3.05, 3.63) is 0 Å². The molecule has 0 aromatic rings. The first-order chi connectivity index (χ1) is 6.40. The molecule has 13 heavy (non-hydrogen) atoms. The lowest BCUT2D eigenvalue weighted by molar-refractivity contribution is 0.222. The largest absolute Gasteiger partial charge is 0.313 e. The summed E-state index contributed by atoms with van der Waals surface area (Å²) in [4.78, 5) is 2.55. The van der Waals surface area contributed by atoms with Crippen molar-refractivity contribution in [1.29, 1.82) is 5.26 Å². The SMILES string of the molecule is N#CCCNC1CCN2CCC1C2. The molecular formula is C10H17N3. The van der Waals surface area contributed by atoms with Crippen LogP contribution in [0.25, 0.3) is 0 Å². The van der Waals surface area contributed by atoms with Crippen LogP contribution in [0.5, 0.6) is 0 Å². The van der Waals surface area contributed by atoms with Gasteiger partial charge in [0.2, 0.25) is 0 Å². The van der Waals surface area contributed by atoms with Crippen LogP contribution in [0.2, 0.25) is 0 Å². The van der Waals surface area contributed by atoms with E-state index in [0.717, 1.165) is 12.5 Å². The Balaban J connectivity index is 1.76. The van der Waals surface area contributed by atoms with Gasteiger partial charge in [-0.2, -0.15) is 5.26 Å². The predicted octanol–water partition coefficient (Wildman–Crippen LogP) is 0.584. The number of nitrogens with zero attached hydrogens (tertiary/aromatic N) is 2. The zero-order valence-corrected chi connectivity index (χ0v) is 8.00. The zero-order chi connectivity index (χ0) is 9.10. The first kappa shape index (κ1) is 8.98. The molecule has 0 spiro atoms. The number of fused-ring (bicyclic) bond motifs is 2. The molecule has 3 heteroatoms. The third-order valence-corrected chi connectivity index (χ3v) is 3.28. The van der Waals surface area contributed by atoms with Crippen LogP contribution < -0.4 is 5.32 Å². The molecule has 2 rings (SSSR count). The Bertz CT molecular complexity index is 209. The molecule has 2 aliphatic rings. The molecule has 0 aliphatic carbocycles. The van der Waals surface area contributed by atoms with Gasteiger partial charge in [0.15, 0.2) is 0 Å². The molecule has 2 bridgehead atoms. The number of nitrogens with one attached hydrogen (secondary N) is 1. The van der Waals surface area contributed by atoms with Crippen molar-refractivity contribution in [3.63, 3.8) is 0 Å². The molecule has 1 N–H and O–H groups in total. The smallest absolute Gasteiger partial charge is 0.0635 e. The lowest BCUT2D eigenvalue weighted by Gasteiger charge is -2.30. The van der Waals surface area contributed by atoms with Gasteiger partial charge >= 0.3 is 0 Å². The van der Waals surface area contributed by atoms with E-state index >= 15 is 0 Å². The molecule has 72 valence electrons. The second kappa shape index (κ2) is 4.08. The maximum atomic E-state index is 8.43. The van der Waals surface area contributed by atoms with Crippen LogP contribution in [-0.2, 0) is 0 Å². The van der Waals surface area contributed by atoms with Crippen LogP contribution >= 0.6 is 0 Å². The Morgan fingerprint density at radius 2 is 2.23 bits per heavy atom. The molecule has 2 fully saturated rings. The van der Waals surface area contributed by atoms with E-state index < -0.39 is 0 Å². The zero-order valence-electron chi connectivity index (χ0n) is 8.00. The second-order valence-corrected chi connectivity index (χ2v) is 4.11. The highest BCUT2D eigenvalue weighted by atomic mass is 15.2. The van der Waals surface area contributed by atoms with Gasteiger partial charge in [0.05, 0.1) is 6.07 Å². The standard InChI is InChI=1S/C10H17N3/c11-4-1-5-12-10-3-7-13-6-2-9(10)8-13/h9-10,12H,1-3,5-8H2. The van der Waals surface area contributed by atoms with Gasteiger partial charge in [0, 0.05) is 25.6 Å². The fourth-order valence-corrected chi connectivity index (χ4v) is 2.53. The topological polar surface area (TPSA) is 39.1 Å². The van der Waals surface area contributed by atoms with E-state index in [1.807, 2.05) is 0 Å². The minimum atomic E-state index is 0.646. The summed E-state index contributed by atoms with van der Waals surface area (Å²) in [6.07, 6.45) is 3.27. The van der Waals surface area contributed by atoms with Gasteiger partial charge in [-0.3, -0.25) is 0 Å². The molecule has 0 amide bonds. The van der Waals surface area contributed by atoms with Crippen molar-refractivity contribution >= 4 is 0 Å². The highest BCUT2D eigenvalue weighted by Gasteiger charge is 2.33. The molecule has 2 heterocycles. The molecule has 2 aliphatic heterocycles. The number of hydrogen-bond donors (Lipinski definition) is 1. The molecule has 2 saturated heterocycles. The van der Waals surface area contributed by atoms with Crippen LogP contribution in [0.3, 0.4) is 0 Å². The molecule has 0 radical (unpaired) electrons. The van der Waals surface area contributed by atoms with Crippen molar-refractivity contribution in [2.45, 2.75) is 25.3 Å². The van der Waals surface area contributed by atoms with Crippen LogP contribution in [-0.4, -0.2) is 37.1 Å². The summed E-state index contributed by atoms with van der Waals surface area (Å²) in [6.45, 7) is 4.70. The van der Waals surface area contributed by atoms with Gasteiger partial charge < -0.3 is 10.2 Å². The van der Waals surface area contributed by atoms with E-state index in [0.29, 0.717) is 12.5 Å². The Hall–Kier alpha value is -0.590. The third kappa shape index (κ3) is 2.01. The van der Waals surface area contributed by atoms with Gasteiger partial charge in [-0.05, 0) is 31.8 Å². The highest BCUT2D eigenvalue weighted by molar-refractivity contribution is 4.91. The van der Waals surface area contributed by atoms with Crippen LogP contribution in [0, 0.1) is 17.2 Å². The summed E-state index contributed by atoms with van der Waals surface area (Å²) in [5, 5.41) is 11.9. The second-order valence-electron chi connectivity index (χ2n) is 4.11. The van der Waals surface area contributed by atoms with Gasteiger partial charge in [-0.25, -0.2) is 0 Å². The molecule has 3 unspecified atom stereocenters. The average molecular weight is 179 g/mol. The average Bonchev–Trinajstić information content (AvgIpc) is 2.53. The van der Waals surface area contributed by atoms with E-state index in [4.69, 9.17) is 5.26 Å². The van der Waals surface area contributed by atoms with Crippen LogP contribution in [0.1, 0.15) is 19.3 Å². The number of piperidine rings is 1. The van der Waals surface area contributed by atoms with Crippen molar-refractivity contribution in [3.8, 4) is 6.07 Å². The molecule has 3 nitrogen and oxygen atoms in total. The summed E-state index contributed by atoms with van der Waals surface area (Å²) in [6, 6.07) is 2.86. The molecule has 0 aromatic heterocycles. The third-order valence-electron chi connectivity index (χ3n) is 3.28. The number of rotatable bonds is 3. The lowest BCUT2D eigenvalue weighted by Crippen LogP contribution is -2.44. The summed E-state index contributed by atoms with van der Waals surface area (Å²) >= 11 is 0. The maximum absolute atomic E-state index is 8.43. The Kier molecular flexibility index (Phi) is 2.82. The fraction of sp³-hybridized carbons (Fsp3) is 0.900. The maximum Gasteiger partial charge on any atom is 0.0635 e. The summed E-state index contributed by atoms with van der Waals surface area (Å²) < 4.78 is 0. The normalized spacial score (nSPS) is 37.3. The molecular weight excluding hydrogens is 162 g/mol. The molecule has 0 saturated carbocycles. The highest BCUT2D eigenvalue weighted by Crippen LogP contribution is 2.26. The minimum Gasteiger partial charge on any atom is -0.313 e. The Morgan fingerprint density at radius 3 is 3.08 bits per heavy atom. The van der Waals surface area contributed by atoms with E-state index in [9.17, 15) is 0 Å². The van der Waals surface area contributed by atoms with E-state index in [2.05, 4.69) is 16.3 Å². The summed E-state index contributed by atoms with van der Waals surface area (Å²) in [5.41, 5.74) is 0. The van der Waals surface area contributed by atoms with Gasteiger partial charge in [-0.1, -0.05) is 0 Å². The summed E-state index contributed by atoms with van der Waals surface area (Å²) in [5.74, 6) is 0.854. The van der Waals surface area contributed by atoms with Gasteiger partial charge in [-0.15, -0.1) is 0 Å². The van der Waals surface area contributed by atoms with Gasteiger partial charge in [0.1, 0.15) is 0 Å². The fourth-order valence-electron chi connectivity index (χ4n) is 2.53. The first-order valence-corrected chi connectivity index (χ1v) is 5.23. The van der Waals surface area contributed by atoms with E-state index in [1.165, 1.54) is 32.5 Å². The van der Waals surface area contributed by atoms with Crippen LogP contribution in [0.4, 0.5) is 0 Å². The van der Waals surface area contributed by atoms with Crippen molar-refractivity contribution in [2.75, 3.05) is 26.2 Å². The molecule has 0 aromatic carbocycles.